The third-order valence-corrected chi connectivity index (χ3v) is 4.37. The molecular formula is C17H27BrN2O. The Kier molecular flexibility index (Phi) is 7.00. The minimum absolute atomic E-state index is 0.781. The SMILES string of the molecule is CCCNCc1cc(Br)cc(C)c1OCCN1CCCC1. The fraction of sp³-hybridized carbons (Fsp3) is 0.647. The van der Waals surface area contributed by atoms with Crippen LogP contribution in [0, 0.1) is 6.92 Å². The van der Waals surface area contributed by atoms with Gasteiger partial charge in [0.15, 0.2) is 0 Å². The Morgan fingerprint density at radius 1 is 1.29 bits per heavy atom. The van der Waals surface area contributed by atoms with Gasteiger partial charge in [-0.3, -0.25) is 4.90 Å². The van der Waals surface area contributed by atoms with Gasteiger partial charge in [-0.15, -0.1) is 0 Å². The predicted octanol–water partition coefficient (Wildman–Crippen LogP) is 3.73. The van der Waals surface area contributed by atoms with E-state index in [0.717, 1.165) is 42.9 Å². The summed E-state index contributed by atoms with van der Waals surface area (Å²) >= 11 is 3.59. The van der Waals surface area contributed by atoms with Crippen molar-refractivity contribution in [3.05, 3.63) is 27.7 Å². The second kappa shape index (κ2) is 8.76. The third kappa shape index (κ3) is 5.28. The number of benzene rings is 1. The van der Waals surface area contributed by atoms with Crippen LogP contribution in [0.25, 0.3) is 0 Å². The van der Waals surface area contributed by atoms with Crippen LogP contribution in [-0.2, 0) is 6.54 Å². The second-order valence-corrected chi connectivity index (χ2v) is 6.70. The number of aryl methyl sites for hydroxylation is 1. The average Bonchev–Trinajstić information content (AvgIpc) is 2.95. The van der Waals surface area contributed by atoms with Gasteiger partial charge >= 0.3 is 0 Å². The normalized spacial score (nSPS) is 15.6. The summed E-state index contributed by atoms with van der Waals surface area (Å²) in [4.78, 5) is 2.49. The van der Waals surface area contributed by atoms with Crippen LogP contribution in [-0.4, -0.2) is 37.7 Å². The zero-order valence-electron chi connectivity index (χ0n) is 13.3. The lowest BCUT2D eigenvalue weighted by Gasteiger charge is -2.18. The van der Waals surface area contributed by atoms with Crippen molar-refractivity contribution < 1.29 is 4.74 Å². The minimum atomic E-state index is 0.781. The fourth-order valence-corrected chi connectivity index (χ4v) is 3.44. The first-order chi connectivity index (χ1) is 10.2. The maximum atomic E-state index is 6.11. The number of ether oxygens (including phenoxy) is 1. The maximum absolute atomic E-state index is 6.11. The summed E-state index contributed by atoms with van der Waals surface area (Å²) in [5.74, 6) is 1.06. The molecule has 1 saturated heterocycles. The maximum Gasteiger partial charge on any atom is 0.126 e. The Morgan fingerprint density at radius 2 is 2.05 bits per heavy atom. The Bertz CT molecular complexity index is 445. The van der Waals surface area contributed by atoms with Gasteiger partial charge in [0.1, 0.15) is 12.4 Å². The molecule has 1 aromatic rings. The molecule has 118 valence electrons. The van der Waals surface area contributed by atoms with Crippen molar-refractivity contribution >= 4 is 15.9 Å². The van der Waals surface area contributed by atoms with Crippen molar-refractivity contribution in [1.29, 1.82) is 0 Å². The molecule has 0 atom stereocenters. The van der Waals surface area contributed by atoms with E-state index in [1.807, 2.05) is 0 Å². The summed E-state index contributed by atoms with van der Waals surface area (Å²) in [6, 6.07) is 4.30. The molecule has 0 saturated carbocycles. The number of nitrogens with zero attached hydrogens (tertiary/aromatic N) is 1. The van der Waals surface area contributed by atoms with E-state index in [2.05, 4.69) is 52.1 Å². The molecule has 0 radical (unpaired) electrons. The van der Waals surface area contributed by atoms with Crippen LogP contribution >= 0.6 is 15.9 Å². The van der Waals surface area contributed by atoms with Crippen molar-refractivity contribution in [3.8, 4) is 5.75 Å². The van der Waals surface area contributed by atoms with Crippen molar-refractivity contribution in [3.63, 3.8) is 0 Å². The first-order valence-corrected chi connectivity index (χ1v) is 8.85. The molecule has 21 heavy (non-hydrogen) atoms. The lowest BCUT2D eigenvalue weighted by Crippen LogP contribution is -2.25. The number of halogens is 1. The van der Waals surface area contributed by atoms with Gasteiger partial charge in [-0.1, -0.05) is 22.9 Å². The summed E-state index contributed by atoms with van der Waals surface area (Å²) in [6.07, 6.45) is 3.82. The monoisotopic (exact) mass is 354 g/mol. The molecule has 0 bridgehead atoms. The zero-order valence-corrected chi connectivity index (χ0v) is 14.8. The van der Waals surface area contributed by atoms with Gasteiger partial charge in [0.05, 0.1) is 0 Å². The number of likely N-dealkylation sites (tertiary alicyclic amines) is 1. The van der Waals surface area contributed by atoms with Crippen molar-refractivity contribution in [2.75, 3.05) is 32.8 Å². The number of hydrogen-bond donors (Lipinski definition) is 1. The quantitative estimate of drug-likeness (QED) is 0.719. The summed E-state index contributed by atoms with van der Waals surface area (Å²) in [7, 11) is 0. The number of nitrogens with one attached hydrogen (secondary N) is 1. The summed E-state index contributed by atoms with van der Waals surface area (Å²) in [5.41, 5.74) is 2.45. The fourth-order valence-electron chi connectivity index (χ4n) is 2.82. The lowest BCUT2D eigenvalue weighted by atomic mass is 10.1. The molecule has 1 N–H and O–H groups in total. The van der Waals surface area contributed by atoms with Crippen molar-refractivity contribution in [2.45, 2.75) is 39.7 Å². The minimum Gasteiger partial charge on any atom is -0.492 e. The van der Waals surface area contributed by atoms with Crippen LogP contribution in [0.5, 0.6) is 5.75 Å². The predicted molar refractivity (Wildman–Crippen MR) is 92.0 cm³/mol. The van der Waals surface area contributed by atoms with Gasteiger partial charge in [0, 0.05) is 23.1 Å². The lowest BCUT2D eigenvalue weighted by molar-refractivity contribution is 0.235. The molecule has 3 nitrogen and oxygen atoms in total. The Morgan fingerprint density at radius 3 is 2.76 bits per heavy atom. The van der Waals surface area contributed by atoms with E-state index in [9.17, 15) is 0 Å². The van der Waals surface area contributed by atoms with Gasteiger partial charge in [-0.2, -0.15) is 0 Å². The van der Waals surface area contributed by atoms with Gasteiger partial charge in [-0.05, 0) is 63.5 Å². The van der Waals surface area contributed by atoms with E-state index < -0.39 is 0 Å². The first kappa shape index (κ1) is 16.8. The van der Waals surface area contributed by atoms with Crippen LogP contribution in [0.3, 0.4) is 0 Å². The molecule has 1 aromatic carbocycles. The molecular weight excluding hydrogens is 328 g/mol. The topological polar surface area (TPSA) is 24.5 Å². The van der Waals surface area contributed by atoms with Crippen LogP contribution in [0.2, 0.25) is 0 Å². The van der Waals surface area contributed by atoms with Crippen LogP contribution in [0.15, 0.2) is 16.6 Å². The largest absolute Gasteiger partial charge is 0.492 e. The van der Waals surface area contributed by atoms with Crippen LogP contribution < -0.4 is 10.1 Å². The molecule has 1 fully saturated rings. The standard InChI is InChI=1S/C17H27BrN2O/c1-3-6-19-13-15-12-16(18)11-14(2)17(15)21-10-9-20-7-4-5-8-20/h11-12,19H,3-10,13H2,1-2H3. The molecule has 1 aliphatic heterocycles. The zero-order chi connectivity index (χ0) is 15.1. The van der Waals surface area contributed by atoms with Gasteiger partial charge in [0.25, 0.3) is 0 Å². The van der Waals surface area contributed by atoms with Gasteiger partial charge in [0.2, 0.25) is 0 Å². The Balaban J connectivity index is 1.94. The molecule has 0 spiro atoms. The van der Waals surface area contributed by atoms with E-state index >= 15 is 0 Å². The molecule has 0 unspecified atom stereocenters. The highest BCUT2D eigenvalue weighted by Crippen LogP contribution is 2.28. The molecule has 0 amide bonds. The van der Waals surface area contributed by atoms with E-state index in [1.165, 1.54) is 37.1 Å². The van der Waals surface area contributed by atoms with E-state index in [-0.39, 0.29) is 0 Å². The number of rotatable bonds is 8. The Hall–Kier alpha value is -0.580. The molecule has 0 aromatic heterocycles. The highest BCUT2D eigenvalue weighted by atomic mass is 79.9. The summed E-state index contributed by atoms with van der Waals surface area (Å²) in [5, 5.41) is 3.47. The van der Waals surface area contributed by atoms with E-state index in [0.29, 0.717) is 0 Å². The van der Waals surface area contributed by atoms with Crippen LogP contribution in [0.1, 0.15) is 37.3 Å². The van der Waals surface area contributed by atoms with E-state index in [4.69, 9.17) is 4.74 Å². The number of hydrogen-bond acceptors (Lipinski definition) is 3. The van der Waals surface area contributed by atoms with Gasteiger partial charge in [-0.25, -0.2) is 0 Å². The molecule has 0 aliphatic carbocycles. The molecule has 4 heteroatoms. The third-order valence-electron chi connectivity index (χ3n) is 3.91. The van der Waals surface area contributed by atoms with Gasteiger partial charge < -0.3 is 10.1 Å². The average molecular weight is 355 g/mol. The Labute approximate surface area is 137 Å². The highest BCUT2D eigenvalue weighted by molar-refractivity contribution is 9.10. The first-order valence-electron chi connectivity index (χ1n) is 8.05. The summed E-state index contributed by atoms with van der Waals surface area (Å²) < 4.78 is 7.24. The molecule has 1 aliphatic rings. The van der Waals surface area contributed by atoms with Crippen molar-refractivity contribution in [1.82, 2.24) is 10.2 Å². The summed E-state index contributed by atoms with van der Waals surface area (Å²) in [6.45, 7) is 10.5. The van der Waals surface area contributed by atoms with E-state index in [1.54, 1.807) is 0 Å². The van der Waals surface area contributed by atoms with Crippen molar-refractivity contribution in [2.24, 2.45) is 0 Å². The molecule has 1 heterocycles. The second-order valence-electron chi connectivity index (χ2n) is 5.78. The molecule has 2 rings (SSSR count). The highest BCUT2D eigenvalue weighted by Gasteiger charge is 2.13. The smallest absolute Gasteiger partial charge is 0.126 e. The van der Waals surface area contributed by atoms with Crippen LogP contribution in [0.4, 0.5) is 0 Å².